The molecule has 0 saturated heterocycles. The maximum absolute atomic E-state index is 2.47. The van der Waals surface area contributed by atoms with E-state index in [1.54, 1.807) is 0 Å². The van der Waals surface area contributed by atoms with Crippen LogP contribution in [0.1, 0.15) is 47.5 Å². The second-order valence-corrected chi connectivity index (χ2v) is 6.03. The van der Waals surface area contributed by atoms with Crippen molar-refractivity contribution >= 4 is 0 Å². The lowest BCUT2D eigenvalue weighted by molar-refractivity contribution is 0.395. The summed E-state index contributed by atoms with van der Waals surface area (Å²) in [5, 5.41) is 0. The van der Waals surface area contributed by atoms with Crippen LogP contribution in [0.3, 0.4) is 0 Å². The minimum absolute atomic E-state index is 0.609. The SMILES string of the molecule is CC1(C2C(C)(C)C2(C)C)CC1. The highest BCUT2D eigenvalue weighted by Gasteiger charge is 2.73. The molecule has 0 amide bonds. The molecule has 0 aromatic rings. The van der Waals surface area contributed by atoms with Gasteiger partial charge in [-0.05, 0) is 35.0 Å². The Morgan fingerprint density at radius 2 is 1.18 bits per heavy atom. The Bertz CT molecular complexity index is 180. The zero-order valence-electron chi connectivity index (χ0n) is 8.49. The summed E-state index contributed by atoms with van der Waals surface area (Å²) in [6.45, 7) is 12.2. The second kappa shape index (κ2) is 1.53. The molecule has 0 bridgehead atoms. The van der Waals surface area contributed by atoms with Crippen LogP contribution in [0.25, 0.3) is 0 Å². The maximum atomic E-state index is 2.47. The summed E-state index contributed by atoms with van der Waals surface area (Å²) < 4.78 is 0. The molecule has 0 aromatic heterocycles. The molecule has 2 aliphatic carbocycles. The van der Waals surface area contributed by atoms with Gasteiger partial charge in [-0.1, -0.05) is 34.6 Å². The molecule has 0 spiro atoms. The van der Waals surface area contributed by atoms with Gasteiger partial charge in [-0.25, -0.2) is 0 Å². The van der Waals surface area contributed by atoms with Gasteiger partial charge >= 0.3 is 0 Å². The zero-order chi connectivity index (χ0) is 8.49. The minimum atomic E-state index is 0.609. The fourth-order valence-corrected chi connectivity index (χ4v) is 3.42. The van der Waals surface area contributed by atoms with E-state index in [2.05, 4.69) is 34.6 Å². The predicted octanol–water partition coefficient (Wildman–Crippen LogP) is 3.47. The third kappa shape index (κ3) is 0.711. The molecular formula is C11H20. The molecule has 0 atom stereocenters. The van der Waals surface area contributed by atoms with Crippen LogP contribution in [0.2, 0.25) is 0 Å². The van der Waals surface area contributed by atoms with Gasteiger partial charge in [-0.15, -0.1) is 0 Å². The summed E-state index contributed by atoms with van der Waals surface area (Å²) in [6.07, 6.45) is 2.95. The molecule has 2 aliphatic rings. The summed E-state index contributed by atoms with van der Waals surface area (Å²) in [5.74, 6) is 0.988. The monoisotopic (exact) mass is 152 g/mol. The van der Waals surface area contributed by atoms with Crippen LogP contribution >= 0.6 is 0 Å². The van der Waals surface area contributed by atoms with Gasteiger partial charge < -0.3 is 0 Å². The van der Waals surface area contributed by atoms with Crippen LogP contribution in [0.15, 0.2) is 0 Å². The second-order valence-electron chi connectivity index (χ2n) is 6.03. The molecule has 0 heteroatoms. The highest BCUT2D eigenvalue weighted by Crippen LogP contribution is 2.79. The van der Waals surface area contributed by atoms with Gasteiger partial charge in [-0.3, -0.25) is 0 Å². The summed E-state index contributed by atoms with van der Waals surface area (Å²) in [6, 6.07) is 0. The van der Waals surface area contributed by atoms with Gasteiger partial charge in [0.1, 0.15) is 0 Å². The summed E-state index contributed by atoms with van der Waals surface area (Å²) in [4.78, 5) is 0. The Morgan fingerprint density at radius 3 is 1.27 bits per heavy atom. The molecule has 2 fully saturated rings. The standard InChI is InChI=1S/C11H20/c1-9(2)8(10(9,3)4)11(5)6-7-11/h8H,6-7H2,1-5H3. The Kier molecular flexibility index (Phi) is 1.06. The first-order valence-corrected chi connectivity index (χ1v) is 4.82. The van der Waals surface area contributed by atoms with E-state index in [1.165, 1.54) is 12.8 Å². The molecule has 11 heavy (non-hydrogen) atoms. The van der Waals surface area contributed by atoms with Gasteiger partial charge in [-0.2, -0.15) is 0 Å². The molecular weight excluding hydrogens is 132 g/mol. The van der Waals surface area contributed by atoms with Crippen LogP contribution in [-0.4, -0.2) is 0 Å². The van der Waals surface area contributed by atoms with Crippen molar-refractivity contribution in [1.82, 2.24) is 0 Å². The number of hydrogen-bond donors (Lipinski definition) is 0. The van der Waals surface area contributed by atoms with E-state index < -0.39 is 0 Å². The van der Waals surface area contributed by atoms with Crippen molar-refractivity contribution in [3.8, 4) is 0 Å². The first kappa shape index (κ1) is 7.64. The van der Waals surface area contributed by atoms with Crippen molar-refractivity contribution in [2.75, 3.05) is 0 Å². The smallest absolute Gasteiger partial charge is 0.0247 e. The Labute approximate surface area is 70.4 Å². The lowest BCUT2D eigenvalue weighted by Gasteiger charge is -2.09. The van der Waals surface area contributed by atoms with E-state index in [1.807, 2.05) is 0 Å². The molecule has 64 valence electrons. The average Bonchev–Trinajstić information content (AvgIpc) is 2.54. The van der Waals surface area contributed by atoms with Crippen molar-refractivity contribution in [1.29, 1.82) is 0 Å². The highest BCUT2D eigenvalue weighted by molar-refractivity contribution is 5.21. The molecule has 0 heterocycles. The Balaban J connectivity index is 2.21. The quantitative estimate of drug-likeness (QED) is 0.539. The third-order valence-corrected chi connectivity index (χ3v) is 4.76. The average molecular weight is 152 g/mol. The van der Waals surface area contributed by atoms with E-state index in [0.717, 1.165) is 11.3 Å². The van der Waals surface area contributed by atoms with E-state index in [9.17, 15) is 0 Å². The topological polar surface area (TPSA) is 0 Å². The summed E-state index contributed by atoms with van der Waals surface area (Å²) in [7, 11) is 0. The minimum Gasteiger partial charge on any atom is -0.0593 e. The van der Waals surface area contributed by atoms with Gasteiger partial charge in [0.25, 0.3) is 0 Å². The van der Waals surface area contributed by atoms with Crippen molar-refractivity contribution in [3.05, 3.63) is 0 Å². The third-order valence-electron chi connectivity index (χ3n) is 4.76. The van der Waals surface area contributed by atoms with Crippen molar-refractivity contribution in [3.63, 3.8) is 0 Å². The van der Waals surface area contributed by atoms with Crippen LogP contribution in [0.4, 0.5) is 0 Å². The van der Waals surface area contributed by atoms with Gasteiger partial charge in [0.15, 0.2) is 0 Å². The van der Waals surface area contributed by atoms with E-state index in [0.29, 0.717) is 10.8 Å². The zero-order valence-corrected chi connectivity index (χ0v) is 8.49. The fraction of sp³-hybridized carbons (Fsp3) is 1.00. The van der Waals surface area contributed by atoms with Crippen molar-refractivity contribution < 1.29 is 0 Å². The summed E-state index contributed by atoms with van der Waals surface area (Å²) in [5.41, 5.74) is 1.95. The Morgan fingerprint density at radius 1 is 0.818 bits per heavy atom. The molecule has 0 radical (unpaired) electrons. The van der Waals surface area contributed by atoms with E-state index in [4.69, 9.17) is 0 Å². The van der Waals surface area contributed by atoms with Crippen molar-refractivity contribution in [2.45, 2.75) is 47.5 Å². The van der Waals surface area contributed by atoms with Crippen LogP contribution in [0, 0.1) is 22.2 Å². The molecule has 0 N–H and O–H groups in total. The van der Waals surface area contributed by atoms with Gasteiger partial charge in [0.05, 0.1) is 0 Å². The van der Waals surface area contributed by atoms with Crippen LogP contribution in [-0.2, 0) is 0 Å². The molecule has 0 nitrogen and oxygen atoms in total. The lowest BCUT2D eigenvalue weighted by Crippen LogP contribution is -2.02. The van der Waals surface area contributed by atoms with Crippen LogP contribution < -0.4 is 0 Å². The number of hydrogen-bond acceptors (Lipinski definition) is 0. The fourth-order valence-electron chi connectivity index (χ4n) is 3.42. The first-order chi connectivity index (χ1) is 4.82. The first-order valence-electron chi connectivity index (χ1n) is 4.82. The van der Waals surface area contributed by atoms with Crippen LogP contribution in [0.5, 0.6) is 0 Å². The molecule has 2 rings (SSSR count). The highest BCUT2D eigenvalue weighted by atomic mass is 14.8. The normalized spacial score (nSPS) is 36.8. The lowest BCUT2D eigenvalue weighted by atomic mass is 9.96. The molecule has 0 aliphatic heterocycles. The van der Waals surface area contributed by atoms with E-state index in [-0.39, 0.29) is 0 Å². The molecule has 0 aromatic carbocycles. The van der Waals surface area contributed by atoms with Gasteiger partial charge in [0.2, 0.25) is 0 Å². The molecule has 0 unspecified atom stereocenters. The number of rotatable bonds is 1. The maximum Gasteiger partial charge on any atom is -0.0247 e. The predicted molar refractivity (Wildman–Crippen MR) is 48.4 cm³/mol. The Hall–Kier alpha value is 0. The largest absolute Gasteiger partial charge is 0.0593 e. The van der Waals surface area contributed by atoms with Crippen molar-refractivity contribution in [2.24, 2.45) is 22.2 Å². The summed E-state index contributed by atoms with van der Waals surface area (Å²) >= 11 is 0. The molecule has 2 saturated carbocycles. The van der Waals surface area contributed by atoms with E-state index >= 15 is 0 Å². The van der Waals surface area contributed by atoms with Gasteiger partial charge in [0, 0.05) is 0 Å².